The van der Waals surface area contributed by atoms with Crippen molar-refractivity contribution in [3.05, 3.63) is 58.8 Å². The van der Waals surface area contributed by atoms with Crippen LogP contribution in [0.4, 0.5) is 0 Å². The summed E-state index contributed by atoms with van der Waals surface area (Å²) in [5.41, 5.74) is 11.7. The van der Waals surface area contributed by atoms with E-state index in [0.29, 0.717) is 24.8 Å². The van der Waals surface area contributed by atoms with Crippen LogP contribution in [-0.4, -0.2) is 28.2 Å². The van der Waals surface area contributed by atoms with Gasteiger partial charge in [-0.15, -0.1) is 0 Å². The van der Waals surface area contributed by atoms with Crippen molar-refractivity contribution in [2.45, 2.75) is 64.2 Å². The van der Waals surface area contributed by atoms with E-state index in [9.17, 15) is 0 Å². The number of hydrogen-bond donors (Lipinski definition) is 1. The summed E-state index contributed by atoms with van der Waals surface area (Å²) >= 11 is 0. The Kier molecular flexibility index (Phi) is 4.94. The van der Waals surface area contributed by atoms with Gasteiger partial charge in [0.25, 0.3) is 0 Å². The van der Waals surface area contributed by atoms with E-state index in [0.717, 1.165) is 46.3 Å². The molecule has 0 spiro atoms. The number of methoxy groups -OCH3 is 1. The topological polar surface area (TPSA) is 83.2 Å². The maximum Gasteiger partial charge on any atom is 0.222 e. The van der Waals surface area contributed by atoms with E-state index in [1.165, 1.54) is 5.56 Å². The normalized spacial score (nSPS) is 22.7. The molecule has 162 valence electrons. The highest BCUT2D eigenvalue weighted by Gasteiger charge is 2.41. The third-order valence-corrected chi connectivity index (χ3v) is 7.06. The van der Waals surface area contributed by atoms with Crippen molar-refractivity contribution in [3.8, 4) is 5.88 Å². The van der Waals surface area contributed by atoms with E-state index >= 15 is 0 Å². The largest absolute Gasteiger partial charge is 0.481 e. The maximum absolute atomic E-state index is 6.78. The van der Waals surface area contributed by atoms with Crippen molar-refractivity contribution in [2.24, 2.45) is 11.7 Å². The van der Waals surface area contributed by atoms with Crippen LogP contribution in [0.25, 0.3) is 10.8 Å². The molecular formula is C25H30N4O2. The molecule has 0 aromatic carbocycles. The first-order valence-corrected chi connectivity index (χ1v) is 11.1. The summed E-state index contributed by atoms with van der Waals surface area (Å²) in [5, 5.41) is 1.97. The van der Waals surface area contributed by atoms with Crippen molar-refractivity contribution in [1.29, 1.82) is 0 Å². The molecule has 0 amide bonds. The lowest BCUT2D eigenvalue weighted by Crippen LogP contribution is -2.35. The quantitative estimate of drug-likeness (QED) is 0.668. The zero-order valence-electron chi connectivity index (χ0n) is 18.7. The van der Waals surface area contributed by atoms with Crippen molar-refractivity contribution in [2.75, 3.05) is 7.11 Å². The number of nitrogens with zero attached hydrogens (tertiary/aromatic N) is 3. The van der Waals surface area contributed by atoms with Crippen LogP contribution in [0.3, 0.4) is 0 Å². The first-order valence-electron chi connectivity index (χ1n) is 11.1. The van der Waals surface area contributed by atoms with Crippen molar-refractivity contribution in [3.63, 3.8) is 0 Å². The Balaban J connectivity index is 1.54. The summed E-state index contributed by atoms with van der Waals surface area (Å²) in [7, 11) is 1.64. The Hall–Kier alpha value is -2.57. The Morgan fingerprint density at radius 3 is 2.68 bits per heavy atom. The van der Waals surface area contributed by atoms with Gasteiger partial charge in [0.05, 0.1) is 30.9 Å². The highest BCUT2D eigenvalue weighted by atomic mass is 16.5. The monoisotopic (exact) mass is 418 g/mol. The van der Waals surface area contributed by atoms with Crippen LogP contribution >= 0.6 is 0 Å². The van der Waals surface area contributed by atoms with Crippen LogP contribution in [0.15, 0.2) is 30.6 Å². The lowest BCUT2D eigenvalue weighted by atomic mass is 9.86. The molecule has 1 fully saturated rings. The highest BCUT2D eigenvalue weighted by molar-refractivity contribution is 5.90. The van der Waals surface area contributed by atoms with Crippen LogP contribution in [0, 0.1) is 5.92 Å². The molecular weight excluding hydrogens is 388 g/mol. The van der Waals surface area contributed by atoms with E-state index in [-0.39, 0.29) is 12.0 Å². The molecule has 31 heavy (non-hydrogen) atoms. The molecule has 1 aliphatic carbocycles. The van der Waals surface area contributed by atoms with E-state index in [2.05, 4.69) is 44.0 Å². The van der Waals surface area contributed by atoms with E-state index in [4.69, 9.17) is 25.2 Å². The minimum Gasteiger partial charge on any atom is -0.481 e. The molecule has 1 aliphatic heterocycles. The van der Waals surface area contributed by atoms with Crippen molar-refractivity contribution < 1.29 is 9.47 Å². The smallest absolute Gasteiger partial charge is 0.222 e. The summed E-state index contributed by atoms with van der Waals surface area (Å²) in [6.07, 6.45) is 6.92. The van der Waals surface area contributed by atoms with Gasteiger partial charge < -0.3 is 15.2 Å². The number of fused-ring (bicyclic) bond motifs is 2. The molecule has 6 nitrogen and oxygen atoms in total. The minimum absolute atomic E-state index is 0.182. The van der Waals surface area contributed by atoms with Crippen LogP contribution in [0.2, 0.25) is 0 Å². The summed E-state index contributed by atoms with van der Waals surface area (Å²) in [6.45, 7) is 7.04. The number of nitrogens with two attached hydrogens (primary N) is 1. The van der Waals surface area contributed by atoms with Crippen molar-refractivity contribution in [1.82, 2.24) is 15.0 Å². The first kappa shape index (κ1) is 20.3. The molecule has 6 heteroatoms. The Bertz CT molecular complexity index is 1140. The van der Waals surface area contributed by atoms with Gasteiger partial charge in [0.2, 0.25) is 5.88 Å². The third-order valence-electron chi connectivity index (χ3n) is 7.06. The molecule has 0 radical (unpaired) electrons. The number of ether oxygens (including phenoxy) is 2. The second-order valence-corrected chi connectivity index (χ2v) is 9.29. The SMILES string of the molecule is COc1ncc([C@@](C)(N)C2CC2)c2cc(Cc3ccc4c(n3)[C@@H](C)[C@H](C)OC4)ncc12. The summed E-state index contributed by atoms with van der Waals surface area (Å²) in [6, 6.07) is 6.37. The molecule has 3 atom stereocenters. The number of pyridine rings is 3. The van der Waals surface area contributed by atoms with Gasteiger partial charge in [-0.25, -0.2) is 4.98 Å². The van der Waals surface area contributed by atoms with Gasteiger partial charge in [0, 0.05) is 41.7 Å². The van der Waals surface area contributed by atoms with Gasteiger partial charge in [-0.3, -0.25) is 9.97 Å². The highest BCUT2D eigenvalue weighted by Crippen LogP contribution is 2.46. The van der Waals surface area contributed by atoms with Crippen LogP contribution < -0.4 is 10.5 Å². The average molecular weight is 419 g/mol. The second-order valence-electron chi connectivity index (χ2n) is 9.29. The summed E-state index contributed by atoms with van der Waals surface area (Å²) in [5.74, 6) is 1.36. The van der Waals surface area contributed by atoms with Gasteiger partial charge in [-0.1, -0.05) is 13.0 Å². The molecule has 2 aliphatic rings. The van der Waals surface area contributed by atoms with E-state index in [1.54, 1.807) is 7.11 Å². The fourth-order valence-corrected chi connectivity index (χ4v) is 4.68. The maximum atomic E-state index is 6.78. The molecule has 3 aromatic rings. The van der Waals surface area contributed by atoms with Gasteiger partial charge in [0.15, 0.2) is 0 Å². The van der Waals surface area contributed by atoms with Gasteiger partial charge in [0.1, 0.15) is 0 Å². The molecule has 0 saturated heterocycles. The molecule has 5 rings (SSSR count). The lowest BCUT2D eigenvalue weighted by molar-refractivity contribution is 0.0224. The zero-order chi connectivity index (χ0) is 21.8. The third kappa shape index (κ3) is 3.58. The summed E-state index contributed by atoms with van der Waals surface area (Å²) in [4.78, 5) is 14.2. The Morgan fingerprint density at radius 2 is 1.94 bits per heavy atom. The Labute approximate surface area is 183 Å². The molecule has 0 unspecified atom stereocenters. The van der Waals surface area contributed by atoms with E-state index in [1.807, 2.05) is 12.4 Å². The predicted molar refractivity (Wildman–Crippen MR) is 120 cm³/mol. The van der Waals surface area contributed by atoms with E-state index < -0.39 is 5.54 Å². The Morgan fingerprint density at radius 1 is 1.13 bits per heavy atom. The van der Waals surface area contributed by atoms with Gasteiger partial charge in [-0.2, -0.15) is 0 Å². The van der Waals surface area contributed by atoms with Crippen molar-refractivity contribution >= 4 is 10.8 Å². The molecule has 1 saturated carbocycles. The second kappa shape index (κ2) is 7.53. The fourth-order valence-electron chi connectivity index (χ4n) is 4.68. The number of hydrogen-bond acceptors (Lipinski definition) is 6. The zero-order valence-corrected chi connectivity index (χ0v) is 18.7. The number of aromatic nitrogens is 3. The first-order chi connectivity index (χ1) is 14.9. The molecule has 3 aromatic heterocycles. The van der Waals surface area contributed by atoms with Crippen LogP contribution in [-0.2, 0) is 23.3 Å². The molecule has 0 bridgehead atoms. The van der Waals surface area contributed by atoms with Gasteiger partial charge in [-0.05, 0) is 61.3 Å². The van der Waals surface area contributed by atoms with Gasteiger partial charge >= 0.3 is 0 Å². The molecule has 4 heterocycles. The standard InChI is InChI=1S/C25H30N4O2/c1-14-15(2)31-13-16-5-8-18(29-23(14)16)9-19-10-20-21(11-27-19)24(30-4)28-12-22(20)25(3,26)17-6-7-17/h5,8,10-12,14-15,17H,6-7,9,13,26H2,1-4H3/t14-,15-,25-/m0/s1. The average Bonchev–Trinajstić information content (AvgIpc) is 3.62. The predicted octanol–water partition coefficient (Wildman–Crippen LogP) is 4.23. The lowest BCUT2D eigenvalue weighted by Gasteiger charge is -2.28. The summed E-state index contributed by atoms with van der Waals surface area (Å²) < 4.78 is 11.3. The van der Waals surface area contributed by atoms with Crippen LogP contribution in [0.5, 0.6) is 5.88 Å². The molecule has 2 N–H and O–H groups in total. The number of rotatable bonds is 5. The minimum atomic E-state index is -0.411. The fraction of sp³-hybridized carbons (Fsp3) is 0.480. The van der Waals surface area contributed by atoms with Crippen LogP contribution in [0.1, 0.15) is 67.7 Å².